The number of benzene rings is 1. The van der Waals surface area contributed by atoms with Crippen molar-refractivity contribution < 1.29 is 0 Å². The summed E-state index contributed by atoms with van der Waals surface area (Å²) in [5, 5.41) is 0. The van der Waals surface area contributed by atoms with Gasteiger partial charge >= 0.3 is 0 Å². The molecule has 2 heteroatoms. The van der Waals surface area contributed by atoms with Crippen LogP contribution in [0.4, 0.5) is 0 Å². The van der Waals surface area contributed by atoms with Crippen LogP contribution in [0.2, 0.25) is 0 Å². The van der Waals surface area contributed by atoms with Crippen LogP contribution < -0.4 is 0 Å². The second kappa shape index (κ2) is 3.53. The van der Waals surface area contributed by atoms with Gasteiger partial charge in [-0.3, -0.25) is 0 Å². The second-order valence-electron chi connectivity index (χ2n) is 2.25. The van der Waals surface area contributed by atoms with Gasteiger partial charge in [0, 0.05) is 13.8 Å². The lowest BCUT2D eigenvalue weighted by Gasteiger charge is -2.01. The Morgan fingerprint density at radius 3 is 2.70 bits per heavy atom. The third-order valence-corrected chi connectivity index (χ3v) is 2.55. The van der Waals surface area contributed by atoms with Gasteiger partial charge in [0.1, 0.15) is 0 Å². The molecule has 0 spiro atoms. The van der Waals surface area contributed by atoms with E-state index in [-0.39, 0.29) is 0 Å². The average molecular weight is 259 g/mol. The maximum Gasteiger partial charge on any atom is 0.0283 e. The molecule has 0 saturated carbocycles. The molecular weight excluding hydrogens is 251 g/mol. The van der Waals surface area contributed by atoms with E-state index < -0.39 is 0 Å². The summed E-state index contributed by atoms with van der Waals surface area (Å²) in [5.74, 6) is 0. The van der Waals surface area contributed by atoms with E-state index in [0.29, 0.717) is 0 Å². The molecule has 0 N–H and O–H groups in total. The van der Waals surface area contributed by atoms with Crippen molar-refractivity contribution in [3.05, 3.63) is 32.9 Å². The Hall–Kier alpha value is 0.167. The van der Waals surface area contributed by atoms with E-state index >= 15 is 0 Å². The number of rotatable bonds is 1. The third kappa shape index (κ3) is 1.82. The van der Waals surface area contributed by atoms with Crippen LogP contribution >= 0.6 is 22.6 Å². The van der Waals surface area contributed by atoms with Crippen LogP contribution in [0.15, 0.2) is 18.2 Å². The summed E-state index contributed by atoms with van der Waals surface area (Å²) in [6.07, 6.45) is 0. The van der Waals surface area contributed by atoms with Crippen LogP contribution in [-0.4, -0.2) is 10.2 Å². The summed E-state index contributed by atoms with van der Waals surface area (Å²) in [6, 6.07) is 7.42. The van der Waals surface area contributed by atoms with Gasteiger partial charge in [-0.2, -0.15) is 0 Å². The van der Waals surface area contributed by atoms with Crippen molar-refractivity contribution >= 4 is 32.8 Å². The predicted molar refractivity (Wildman–Crippen MR) is 53.4 cm³/mol. The largest absolute Gasteiger partial charge is 0.0580 e. The van der Waals surface area contributed by atoms with Crippen molar-refractivity contribution in [1.29, 1.82) is 0 Å². The molecule has 1 aromatic rings. The van der Waals surface area contributed by atoms with E-state index in [0.717, 1.165) is 6.04 Å². The van der Waals surface area contributed by atoms with Gasteiger partial charge in [0.15, 0.2) is 0 Å². The lowest BCUT2D eigenvalue weighted by atomic mass is 10.1. The summed E-state index contributed by atoms with van der Waals surface area (Å²) >= 11 is 2.32. The first kappa shape index (κ1) is 8.27. The Balaban J connectivity index is 3.09. The molecule has 0 aromatic heterocycles. The van der Waals surface area contributed by atoms with Crippen molar-refractivity contribution in [1.82, 2.24) is 0 Å². The summed E-state index contributed by atoms with van der Waals surface area (Å²) in [7, 11) is 3.49. The minimum Gasteiger partial charge on any atom is -0.0580 e. The molecule has 0 heterocycles. The van der Waals surface area contributed by atoms with Crippen LogP contribution in [0.1, 0.15) is 11.1 Å². The molecule has 1 rings (SSSR count). The molecule has 51 valence electrons. The van der Waals surface area contributed by atoms with Crippen molar-refractivity contribution in [2.24, 2.45) is 0 Å². The van der Waals surface area contributed by atoms with Gasteiger partial charge in [-0.25, -0.2) is 0 Å². The first-order valence-electron chi connectivity index (χ1n) is 3.13. The van der Waals surface area contributed by atoms with Crippen molar-refractivity contribution in [3.63, 3.8) is 0 Å². The standard InChI is InChI=1S/C8H8ISi/c1-6-2-3-8(9)4-7(6)5-10/h2-4H,5H2,1H3. The van der Waals surface area contributed by atoms with Gasteiger partial charge in [-0.1, -0.05) is 6.07 Å². The predicted octanol–water partition coefficient (Wildman–Crippen LogP) is 2.27. The van der Waals surface area contributed by atoms with Crippen molar-refractivity contribution in [2.45, 2.75) is 13.0 Å². The summed E-state index contributed by atoms with van der Waals surface area (Å²) in [6.45, 7) is 2.13. The zero-order valence-electron chi connectivity index (χ0n) is 5.82. The Morgan fingerprint density at radius 2 is 2.20 bits per heavy atom. The highest BCUT2D eigenvalue weighted by atomic mass is 127. The smallest absolute Gasteiger partial charge is 0.0283 e. The zero-order valence-corrected chi connectivity index (χ0v) is 8.97. The van der Waals surface area contributed by atoms with E-state index in [1.54, 1.807) is 0 Å². The van der Waals surface area contributed by atoms with E-state index in [4.69, 9.17) is 0 Å². The number of halogens is 1. The van der Waals surface area contributed by atoms with Gasteiger partial charge in [-0.15, -0.1) is 0 Å². The van der Waals surface area contributed by atoms with E-state index in [9.17, 15) is 0 Å². The molecular formula is C8H8ISi. The van der Waals surface area contributed by atoms with E-state index in [1.807, 2.05) is 0 Å². The normalized spacial score (nSPS) is 9.90. The molecule has 0 bridgehead atoms. The molecule has 0 unspecified atom stereocenters. The summed E-state index contributed by atoms with van der Waals surface area (Å²) < 4.78 is 1.30. The van der Waals surface area contributed by atoms with Crippen LogP contribution in [0.5, 0.6) is 0 Å². The minimum absolute atomic E-state index is 0.947. The summed E-state index contributed by atoms with van der Waals surface area (Å²) in [5.41, 5.74) is 2.74. The zero-order chi connectivity index (χ0) is 7.56. The molecule has 0 aliphatic heterocycles. The molecule has 3 radical (unpaired) electrons. The van der Waals surface area contributed by atoms with Gasteiger partial charge in [0.25, 0.3) is 0 Å². The fourth-order valence-electron chi connectivity index (χ4n) is 0.830. The number of aryl methyl sites for hydroxylation is 1. The first-order chi connectivity index (χ1) is 4.74. The van der Waals surface area contributed by atoms with Crippen molar-refractivity contribution in [3.8, 4) is 0 Å². The van der Waals surface area contributed by atoms with Gasteiger partial charge in [0.2, 0.25) is 0 Å². The van der Waals surface area contributed by atoms with Crippen LogP contribution in [0.25, 0.3) is 0 Å². The fourth-order valence-corrected chi connectivity index (χ4v) is 1.77. The van der Waals surface area contributed by atoms with Gasteiger partial charge < -0.3 is 0 Å². The molecule has 0 nitrogen and oxygen atoms in total. The second-order valence-corrected chi connectivity index (χ2v) is 3.85. The molecule has 0 fully saturated rings. The van der Waals surface area contributed by atoms with Gasteiger partial charge in [-0.05, 0) is 58.8 Å². The summed E-state index contributed by atoms with van der Waals surface area (Å²) in [4.78, 5) is 0. The first-order valence-corrected chi connectivity index (χ1v) is 4.92. The quantitative estimate of drug-likeness (QED) is 0.536. The lowest BCUT2D eigenvalue weighted by Crippen LogP contribution is -1.88. The lowest BCUT2D eigenvalue weighted by molar-refractivity contribution is 1.29. The van der Waals surface area contributed by atoms with E-state index in [1.165, 1.54) is 14.7 Å². The SMILES string of the molecule is Cc1ccc(I)cc1C[Si]. The molecule has 0 amide bonds. The highest BCUT2D eigenvalue weighted by Crippen LogP contribution is 2.12. The highest BCUT2D eigenvalue weighted by molar-refractivity contribution is 14.1. The highest BCUT2D eigenvalue weighted by Gasteiger charge is 1.94. The molecule has 0 aliphatic carbocycles. The fraction of sp³-hybridized carbons (Fsp3) is 0.250. The Morgan fingerprint density at radius 1 is 1.50 bits per heavy atom. The topological polar surface area (TPSA) is 0 Å². The molecule has 0 aliphatic rings. The minimum atomic E-state index is 0.947. The molecule has 0 atom stereocenters. The van der Waals surface area contributed by atoms with Crippen molar-refractivity contribution in [2.75, 3.05) is 0 Å². The maximum atomic E-state index is 3.49. The van der Waals surface area contributed by atoms with Crippen LogP contribution in [0, 0.1) is 10.5 Å². The number of hydrogen-bond acceptors (Lipinski definition) is 0. The Kier molecular flexibility index (Phi) is 2.91. The molecule has 1 aromatic carbocycles. The third-order valence-electron chi connectivity index (χ3n) is 1.50. The molecule has 0 saturated heterocycles. The van der Waals surface area contributed by atoms with Gasteiger partial charge in [0.05, 0.1) is 0 Å². The Labute approximate surface area is 78.6 Å². The average Bonchev–Trinajstić information content (AvgIpc) is 1.94. The monoisotopic (exact) mass is 259 g/mol. The van der Waals surface area contributed by atoms with E-state index in [2.05, 4.69) is 58.0 Å². The van der Waals surface area contributed by atoms with Crippen LogP contribution in [-0.2, 0) is 6.04 Å². The number of hydrogen-bond donors (Lipinski definition) is 0. The molecule has 10 heavy (non-hydrogen) atoms. The Bertz CT molecular complexity index is 233. The van der Waals surface area contributed by atoms with Crippen LogP contribution in [0.3, 0.4) is 0 Å². The maximum absolute atomic E-state index is 3.49.